The zero-order valence-electron chi connectivity index (χ0n) is 11.8. The fraction of sp³-hybridized carbons (Fsp3) is 0.286. The molecule has 1 aromatic carbocycles. The van der Waals surface area contributed by atoms with Crippen molar-refractivity contribution in [1.29, 1.82) is 0 Å². The standard InChI is InChI=1S/C14H16N2O5/c1-20-11-4-3-9(7-12(11)21-2)15-10-8-13(18)16(5-6-17)14(10)19/h3-4,7-8,15,17H,5-6H2,1-2H3. The molecule has 0 radical (unpaired) electrons. The maximum absolute atomic E-state index is 12.0. The van der Waals surface area contributed by atoms with Gasteiger partial charge in [-0.15, -0.1) is 0 Å². The average molecular weight is 292 g/mol. The third-order valence-corrected chi connectivity index (χ3v) is 3.00. The van der Waals surface area contributed by atoms with Crippen molar-refractivity contribution < 1.29 is 24.2 Å². The molecule has 112 valence electrons. The summed E-state index contributed by atoms with van der Waals surface area (Å²) in [5.74, 6) is 0.153. The highest BCUT2D eigenvalue weighted by molar-refractivity contribution is 6.17. The number of ether oxygens (including phenoxy) is 2. The normalized spacial score (nSPS) is 14.2. The zero-order valence-corrected chi connectivity index (χ0v) is 11.8. The quantitative estimate of drug-likeness (QED) is 0.736. The SMILES string of the molecule is COc1ccc(NC2=CC(=O)N(CCO)C2=O)cc1OC. The van der Waals surface area contributed by atoms with Gasteiger partial charge >= 0.3 is 0 Å². The lowest BCUT2D eigenvalue weighted by Gasteiger charge is -2.14. The smallest absolute Gasteiger partial charge is 0.277 e. The van der Waals surface area contributed by atoms with E-state index in [2.05, 4.69) is 5.32 Å². The summed E-state index contributed by atoms with van der Waals surface area (Å²) in [5.41, 5.74) is 0.742. The van der Waals surface area contributed by atoms with Gasteiger partial charge in [0.1, 0.15) is 5.70 Å². The van der Waals surface area contributed by atoms with Crippen molar-refractivity contribution in [2.45, 2.75) is 0 Å². The van der Waals surface area contributed by atoms with Gasteiger partial charge in [0, 0.05) is 17.8 Å². The van der Waals surface area contributed by atoms with Crippen LogP contribution in [0.4, 0.5) is 5.69 Å². The molecule has 0 saturated carbocycles. The van der Waals surface area contributed by atoms with Crippen molar-refractivity contribution in [3.63, 3.8) is 0 Å². The van der Waals surface area contributed by atoms with E-state index in [9.17, 15) is 9.59 Å². The first kappa shape index (κ1) is 14.9. The highest BCUT2D eigenvalue weighted by atomic mass is 16.5. The van der Waals surface area contributed by atoms with Gasteiger partial charge in [0.05, 0.1) is 27.4 Å². The van der Waals surface area contributed by atoms with Crippen molar-refractivity contribution >= 4 is 17.5 Å². The van der Waals surface area contributed by atoms with Gasteiger partial charge in [-0.25, -0.2) is 0 Å². The minimum Gasteiger partial charge on any atom is -0.493 e. The molecule has 1 aliphatic heterocycles. The minimum atomic E-state index is -0.469. The van der Waals surface area contributed by atoms with Crippen LogP contribution in [0.1, 0.15) is 0 Å². The second-order valence-corrected chi connectivity index (χ2v) is 4.27. The van der Waals surface area contributed by atoms with Gasteiger partial charge in [0.2, 0.25) is 0 Å². The molecule has 0 bridgehead atoms. The maximum atomic E-state index is 12.0. The van der Waals surface area contributed by atoms with E-state index in [1.54, 1.807) is 18.2 Å². The number of aliphatic hydroxyl groups is 1. The van der Waals surface area contributed by atoms with E-state index in [-0.39, 0.29) is 18.8 Å². The lowest BCUT2D eigenvalue weighted by molar-refractivity contribution is -0.137. The molecule has 0 fully saturated rings. The molecule has 0 atom stereocenters. The number of amides is 2. The van der Waals surface area contributed by atoms with Gasteiger partial charge in [0.15, 0.2) is 11.5 Å². The first-order valence-electron chi connectivity index (χ1n) is 6.28. The number of hydrogen-bond acceptors (Lipinski definition) is 6. The van der Waals surface area contributed by atoms with Crippen molar-refractivity contribution in [3.8, 4) is 11.5 Å². The van der Waals surface area contributed by atoms with E-state index in [1.807, 2.05) is 0 Å². The fourth-order valence-corrected chi connectivity index (χ4v) is 1.98. The van der Waals surface area contributed by atoms with Crippen LogP contribution in [0.25, 0.3) is 0 Å². The lowest BCUT2D eigenvalue weighted by atomic mass is 10.2. The van der Waals surface area contributed by atoms with Gasteiger partial charge in [-0.2, -0.15) is 0 Å². The zero-order chi connectivity index (χ0) is 15.4. The Labute approximate surface area is 121 Å². The Morgan fingerprint density at radius 2 is 1.90 bits per heavy atom. The molecular formula is C14H16N2O5. The number of nitrogens with one attached hydrogen (secondary N) is 1. The van der Waals surface area contributed by atoms with Gasteiger partial charge in [-0.3, -0.25) is 14.5 Å². The van der Waals surface area contributed by atoms with Gasteiger partial charge in [-0.1, -0.05) is 0 Å². The molecule has 21 heavy (non-hydrogen) atoms. The van der Waals surface area contributed by atoms with Crippen molar-refractivity contribution in [3.05, 3.63) is 30.0 Å². The first-order chi connectivity index (χ1) is 10.1. The highest BCUT2D eigenvalue weighted by Crippen LogP contribution is 2.30. The number of imide groups is 1. The van der Waals surface area contributed by atoms with E-state index >= 15 is 0 Å². The Morgan fingerprint density at radius 1 is 1.19 bits per heavy atom. The van der Waals surface area contributed by atoms with E-state index in [4.69, 9.17) is 14.6 Å². The molecule has 0 aromatic heterocycles. The van der Waals surface area contributed by atoms with Gasteiger partial charge in [0.25, 0.3) is 11.8 Å². The number of aliphatic hydroxyl groups excluding tert-OH is 1. The predicted molar refractivity (Wildman–Crippen MR) is 75.1 cm³/mol. The van der Waals surface area contributed by atoms with Crippen LogP contribution in [0.15, 0.2) is 30.0 Å². The maximum Gasteiger partial charge on any atom is 0.277 e. The van der Waals surface area contributed by atoms with Crippen LogP contribution in [-0.4, -0.2) is 49.2 Å². The summed E-state index contributed by atoms with van der Waals surface area (Å²) in [6.45, 7) is -0.291. The summed E-state index contributed by atoms with van der Waals surface area (Å²) in [5, 5.41) is 11.7. The molecule has 1 aliphatic rings. The molecule has 0 aliphatic carbocycles. The summed E-state index contributed by atoms with van der Waals surface area (Å²) in [6.07, 6.45) is 1.20. The van der Waals surface area contributed by atoms with Crippen molar-refractivity contribution in [2.24, 2.45) is 0 Å². The van der Waals surface area contributed by atoms with Gasteiger partial charge < -0.3 is 19.9 Å². The second-order valence-electron chi connectivity index (χ2n) is 4.27. The van der Waals surface area contributed by atoms with E-state index in [0.29, 0.717) is 17.2 Å². The number of rotatable bonds is 6. The summed E-state index contributed by atoms with van der Waals surface area (Å²) >= 11 is 0. The topological polar surface area (TPSA) is 88.1 Å². The molecule has 0 unspecified atom stereocenters. The lowest BCUT2D eigenvalue weighted by Crippen LogP contribution is -2.34. The summed E-state index contributed by atoms with van der Waals surface area (Å²) in [7, 11) is 3.04. The third-order valence-electron chi connectivity index (χ3n) is 3.00. The molecule has 2 rings (SSSR count). The number of benzene rings is 1. The molecule has 2 N–H and O–H groups in total. The molecule has 0 saturated heterocycles. The molecule has 1 heterocycles. The van der Waals surface area contributed by atoms with E-state index in [1.165, 1.54) is 20.3 Å². The number of hydrogen-bond donors (Lipinski definition) is 2. The molecule has 7 nitrogen and oxygen atoms in total. The minimum absolute atomic E-state index is 0.0225. The van der Waals surface area contributed by atoms with E-state index in [0.717, 1.165) is 4.90 Å². The third kappa shape index (κ3) is 2.97. The number of carbonyl (C=O) groups excluding carboxylic acids is 2. The van der Waals surface area contributed by atoms with Crippen molar-refractivity contribution in [2.75, 3.05) is 32.7 Å². The van der Waals surface area contributed by atoms with Crippen LogP contribution in [0.2, 0.25) is 0 Å². The Bertz CT molecular complexity index is 597. The van der Waals surface area contributed by atoms with Crippen LogP contribution < -0.4 is 14.8 Å². The monoisotopic (exact) mass is 292 g/mol. The average Bonchev–Trinajstić information content (AvgIpc) is 2.75. The van der Waals surface area contributed by atoms with Gasteiger partial charge in [-0.05, 0) is 12.1 Å². The fourth-order valence-electron chi connectivity index (χ4n) is 1.98. The predicted octanol–water partition coefficient (Wildman–Crippen LogP) is 0.361. The molecular weight excluding hydrogens is 276 g/mol. The molecule has 2 amide bonds. The number of methoxy groups -OCH3 is 2. The van der Waals surface area contributed by atoms with Crippen LogP contribution in [0, 0.1) is 0 Å². The molecule has 1 aromatic rings. The number of carbonyl (C=O) groups is 2. The first-order valence-corrected chi connectivity index (χ1v) is 6.28. The van der Waals surface area contributed by atoms with Crippen LogP contribution >= 0.6 is 0 Å². The Balaban J connectivity index is 2.17. The largest absolute Gasteiger partial charge is 0.493 e. The number of β-amino-alcohol motifs (C(OH)–C–C–N with tert-alkyl or cyclic N) is 1. The Morgan fingerprint density at radius 3 is 2.52 bits per heavy atom. The summed E-state index contributed by atoms with van der Waals surface area (Å²) in [6, 6.07) is 5.05. The molecule has 7 heteroatoms. The number of nitrogens with zero attached hydrogens (tertiary/aromatic N) is 1. The van der Waals surface area contributed by atoms with Crippen LogP contribution in [-0.2, 0) is 9.59 Å². The molecule has 0 spiro atoms. The second kappa shape index (κ2) is 6.27. The van der Waals surface area contributed by atoms with Crippen molar-refractivity contribution in [1.82, 2.24) is 4.90 Å². The highest BCUT2D eigenvalue weighted by Gasteiger charge is 2.30. The number of anilines is 1. The van der Waals surface area contributed by atoms with Crippen LogP contribution in [0.3, 0.4) is 0 Å². The Hall–Kier alpha value is -2.54. The van der Waals surface area contributed by atoms with Crippen LogP contribution in [0.5, 0.6) is 11.5 Å². The van der Waals surface area contributed by atoms with E-state index < -0.39 is 11.8 Å². The summed E-state index contributed by atoms with van der Waals surface area (Å²) < 4.78 is 10.3. The Kier molecular flexibility index (Phi) is 4.44. The summed E-state index contributed by atoms with van der Waals surface area (Å²) in [4.78, 5) is 24.6.